The maximum Gasteiger partial charge on any atom is 0.212 e. The molecule has 0 bridgehead atoms. The molecule has 1 N–H and O–H groups in total. The Labute approximate surface area is 95.5 Å². The van der Waals surface area contributed by atoms with Crippen LogP contribution in [0, 0.1) is 11.8 Å². The first kappa shape index (κ1) is 10.7. The van der Waals surface area contributed by atoms with E-state index in [4.69, 9.17) is 4.74 Å². The van der Waals surface area contributed by atoms with Crippen molar-refractivity contribution in [1.29, 1.82) is 0 Å². The molecule has 1 aliphatic rings. The van der Waals surface area contributed by atoms with Gasteiger partial charge in [0.2, 0.25) is 5.88 Å². The van der Waals surface area contributed by atoms with Crippen LogP contribution in [0.15, 0.2) is 30.0 Å². The van der Waals surface area contributed by atoms with Crippen LogP contribution >= 0.6 is 0 Å². The van der Waals surface area contributed by atoms with E-state index < -0.39 is 0 Å². The van der Waals surface area contributed by atoms with Crippen LogP contribution in [0.4, 0.5) is 0 Å². The summed E-state index contributed by atoms with van der Waals surface area (Å²) in [6.07, 6.45) is 4.87. The van der Waals surface area contributed by atoms with E-state index in [0.29, 0.717) is 5.88 Å². The molecular formula is C13H14N2O. The van der Waals surface area contributed by atoms with Crippen LogP contribution in [0.25, 0.3) is 0 Å². The number of hydrogen-bond acceptors (Lipinski definition) is 3. The Morgan fingerprint density at radius 1 is 1.38 bits per heavy atom. The second-order valence-electron chi connectivity index (χ2n) is 3.52. The van der Waals surface area contributed by atoms with Crippen molar-refractivity contribution in [3.63, 3.8) is 0 Å². The van der Waals surface area contributed by atoms with E-state index in [0.717, 1.165) is 25.1 Å². The smallest absolute Gasteiger partial charge is 0.212 e. The summed E-state index contributed by atoms with van der Waals surface area (Å²) < 4.78 is 4.98. The average Bonchev–Trinajstić information content (AvgIpc) is 2.38. The molecule has 82 valence electrons. The van der Waals surface area contributed by atoms with Gasteiger partial charge in [-0.1, -0.05) is 17.9 Å². The predicted octanol–water partition coefficient (Wildman–Crippen LogP) is 1.36. The number of methoxy groups -OCH3 is 1. The lowest BCUT2D eigenvalue weighted by molar-refractivity contribution is 0.398. The fourth-order valence-corrected chi connectivity index (χ4v) is 1.46. The minimum atomic E-state index is 0.617. The number of hydrogen-bond donors (Lipinski definition) is 1. The molecule has 3 heteroatoms. The molecular weight excluding hydrogens is 200 g/mol. The molecule has 0 aromatic carbocycles. The van der Waals surface area contributed by atoms with E-state index in [9.17, 15) is 0 Å². The Balaban J connectivity index is 2.08. The van der Waals surface area contributed by atoms with Gasteiger partial charge in [0.1, 0.15) is 0 Å². The van der Waals surface area contributed by atoms with E-state index in [1.165, 1.54) is 5.57 Å². The molecule has 0 fully saturated rings. The Bertz CT molecular complexity index is 437. The van der Waals surface area contributed by atoms with Crippen molar-refractivity contribution in [2.75, 3.05) is 20.2 Å². The number of ether oxygens (including phenoxy) is 1. The molecule has 0 unspecified atom stereocenters. The average molecular weight is 214 g/mol. The lowest BCUT2D eigenvalue weighted by Gasteiger charge is -2.07. The van der Waals surface area contributed by atoms with Crippen molar-refractivity contribution in [2.24, 2.45) is 0 Å². The van der Waals surface area contributed by atoms with Crippen molar-refractivity contribution in [3.8, 4) is 17.7 Å². The Kier molecular flexibility index (Phi) is 3.58. The molecule has 1 aromatic heterocycles. The molecule has 1 aromatic rings. The van der Waals surface area contributed by atoms with E-state index >= 15 is 0 Å². The molecule has 0 radical (unpaired) electrons. The number of aromatic nitrogens is 1. The van der Waals surface area contributed by atoms with Crippen molar-refractivity contribution in [2.45, 2.75) is 6.42 Å². The van der Waals surface area contributed by atoms with Gasteiger partial charge in [-0.05, 0) is 12.5 Å². The topological polar surface area (TPSA) is 34.1 Å². The van der Waals surface area contributed by atoms with Crippen molar-refractivity contribution >= 4 is 0 Å². The third kappa shape index (κ3) is 2.85. The molecule has 0 saturated carbocycles. The monoisotopic (exact) mass is 214 g/mol. The van der Waals surface area contributed by atoms with Crippen LogP contribution in [0.1, 0.15) is 12.0 Å². The van der Waals surface area contributed by atoms with E-state index in [1.54, 1.807) is 13.3 Å². The first-order chi connectivity index (χ1) is 7.88. The molecule has 0 atom stereocenters. The van der Waals surface area contributed by atoms with E-state index in [-0.39, 0.29) is 0 Å². The summed E-state index contributed by atoms with van der Waals surface area (Å²) in [5.41, 5.74) is 2.12. The maximum absolute atomic E-state index is 4.98. The standard InChI is InChI=1S/C13H14N2O/c1-16-13-5-4-12(10-15-13)3-2-11-6-8-14-9-7-11/h4-6,10,14H,7-9H2,1H3. The largest absolute Gasteiger partial charge is 0.481 e. The van der Waals surface area contributed by atoms with Crippen molar-refractivity contribution in [1.82, 2.24) is 10.3 Å². The molecule has 0 aliphatic carbocycles. The van der Waals surface area contributed by atoms with E-state index in [1.807, 2.05) is 12.1 Å². The van der Waals surface area contributed by atoms with Crippen LogP contribution in [0.2, 0.25) is 0 Å². The third-order valence-electron chi connectivity index (χ3n) is 2.38. The highest BCUT2D eigenvalue weighted by Crippen LogP contribution is 2.06. The van der Waals surface area contributed by atoms with Gasteiger partial charge in [0.15, 0.2) is 0 Å². The van der Waals surface area contributed by atoms with Gasteiger partial charge < -0.3 is 10.1 Å². The fourth-order valence-electron chi connectivity index (χ4n) is 1.46. The molecule has 2 rings (SSSR count). The Morgan fingerprint density at radius 3 is 2.94 bits per heavy atom. The zero-order valence-corrected chi connectivity index (χ0v) is 9.29. The molecule has 0 saturated heterocycles. The SMILES string of the molecule is COc1ccc(C#CC2=CCNCC2)cn1. The lowest BCUT2D eigenvalue weighted by Crippen LogP contribution is -2.19. The van der Waals surface area contributed by atoms with E-state index in [2.05, 4.69) is 28.2 Å². The van der Waals surface area contributed by atoms with Gasteiger partial charge in [0.25, 0.3) is 0 Å². The second kappa shape index (κ2) is 5.34. The van der Waals surface area contributed by atoms with Gasteiger partial charge in [-0.2, -0.15) is 0 Å². The molecule has 0 spiro atoms. The van der Waals surface area contributed by atoms with Crippen molar-refractivity contribution in [3.05, 3.63) is 35.5 Å². The first-order valence-corrected chi connectivity index (χ1v) is 5.30. The third-order valence-corrected chi connectivity index (χ3v) is 2.38. The zero-order valence-electron chi connectivity index (χ0n) is 9.29. The van der Waals surface area contributed by atoms with Gasteiger partial charge in [-0.3, -0.25) is 0 Å². The normalized spacial score (nSPS) is 14.7. The van der Waals surface area contributed by atoms with Gasteiger partial charge >= 0.3 is 0 Å². The lowest BCUT2D eigenvalue weighted by atomic mass is 10.1. The molecule has 16 heavy (non-hydrogen) atoms. The van der Waals surface area contributed by atoms with Gasteiger partial charge in [-0.15, -0.1) is 0 Å². The van der Waals surface area contributed by atoms with Crippen LogP contribution in [-0.2, 0) is 0 Å². The highest BCUT2D eigenvalue weighted by molar-refractivity contribution is 5.40. The van der Waals surface area contributed by atoms with Gasteiger partial charge in [0.05, 0.1) is 7.11 Å². The summed E-state index contributed by atoms with van der Waals surface area (Å²) >= 11 is 0. The number of pyridine rings is 1. The first-order valence-electron chi connectivity index (χ1n) is 5.30. The highest BCUT2D eigenvalue weighted by atomic mass is 16.5. The summed E-state index contributed by atoms with van der Waals surface area (Å²) in [6.45, 7) is 1.94. The van der Waals surface area contributed by atoms with Crippen LogP contribution in [0.5, 0.6) is 5.88 Å². The Hall–Kier alpha value is -1.79. The predicted molar refractivity (Wildman–Crippen MR) is 63.2 cm³/mol. The number of nitrogens with zero attached hydrogens (tertiary/aromatic N) is 1. The summed E-state index contributed by atoms with van der Waals surface area (Å²) in [7, 11) is 1.60. The number of rotatable bonds is 1. The fraction of sp³-hybridized carbons (Fsp3) is 0.308. The zero-order chi connectivity index (χ0) is 11.2. The van der Waals surface area contributed by atoms with Crippen LogP contribution < -0.4 is 10.1 Å². The molecule has 3 nitrogen and oxygen atoms in total. The molecule has 2 heterocycles. The Morgan fingerprint density at radius 2 is 2.31 bits per heavy atom. The van der Waals surface area contributed by atoms with Crippen LogP contribution in [0.3, 0.4) is 0 Å². The highest BCUT2D eigenvalue weighted by Gasteiger charge is 1.98. The summed E-state index contributed by atoms with van der Waals surface area (Å²) in [4.78, 5) is 4.10. The number of nitrogens with one attached hydrogen (secondary N) is 1. The van der Waals surface area contributed by atoms with Crippen LogP contribution in [-0.4, -0.2) is 25.2 Å². The summed E-state index contributed by atoms with van der Waals surface area (Å²) in [6, 6.07) is 3.74. The molecule has 1 aliphatic heterocycles. The van der Waals surface area contributed by atoms with Gasteiger partial charge in [-0.25, -0.2) is 4.98 Å². The minimum absolute atomic E-state index is 0.617. The molecule has 0 amide bonds. The summed E-state index contributed by atoms with van der Waals surface area (Å²) in [5, 5.41) is 3.25. The van der Waals surface area contributed by atoms with Gasteiger partial charge in [0, 0.05) is 36.5 Å². The quantitative estimate of drug-likeness (QED) is 0.717. The summed E-state index contributed by atoms with van der Waals surface area (Å²) in [5.74, 6) is 6.88. The minimum Gasteiger partial charge on any atom is -0.481 e. The van der Waals surface area contributed by atoms with Crippen molar-refractivity contribution < 1.29 is 4.74 Å². The maximum atomic E-state index is 4.98. The second-order valence-corrected chi connectivity index (χ2v) is 3.52.